The zero-order chi connectivity index (χ0) is 25.3. The van der Waals surface area contributed by atoms with Gasteiger partial charge in [0, 0.05) is 35.3 Å². The highest BCUT2D eigenvalue weighted by Crippen LogP contribution is 2.34. The van der Waals surface area contributed by atoms with Crippen LogP contribution < -0.4 is 15.5 Å². The molecule has 2 heterocycles. The molecule has 2 fully saturated rings. The van der Waals surface area contributed by atoms with Crippen LogP contribution in [0.1, 0.15) is 44.2 Å². The highest BCUT2D eigenvalue weighted by Gasteiger charge is 2.38. The number of carbonyl (C=O) groups excluding carboxylic acids is 2. The molecule has 2 N–H and O–H groups in total. The second-order valence-corrected chi connectivity index (χ2v) is 9.44. The number of alkyl halides is 3. The molecule has 2 aromatic carbocycles. The van der Waals surface area contributed by atoms with Crippen molar-refractivity contribution in [2.45, 2.75) is 62.8 Å². The van der Waals surface area contributed by atoms with Crippen LogP contribution in [0.15, 0.2) is 60.7 Å². The molecule has 1 saturated heterocycles. The lowest BCUT2D eigenvalue weighted by molar-refractivity contribution is -0.141. The van der Waals surface area contributed by atoms with Crippen LogP contribution in [0.5, 0.6) is 0 Å². The number of nitrogens with one attached hydrogen (secondary N) is 2. The number of para-hydroxylation sites is 2. The number of hydrogen-bond donors (Lipinski definition) is 2. The van der Waals surface area contributed by atoms with Gasteiger partial charge in [-0.2, -0.15) is 13.2 Å². The van der Waals surface area contributed by atoms with Crippen LogP contribution in [0.2, 0.25) is 0 Å². The lowest BCUT2D eigenvalue weighted by Gasteiger charge is -2.33. The average Bonchev–Trinajstić information content (AvgIpc) is 3.25. The average molecular weight is 497 g/mol. The third-order valence-corrected chi connectivity index (χ3v) is 6.94. The second kappa shape index (κ2) is 9.79. The summed E-state index contributed by atoms with van der Waals surface area (Å²) in [6, 6.07) is 16.2. The minimum atomic E-state index is -4.55. The number of halogens is 3. The van der Waals surface area contributed by atoms with Crippen LogP contribution in [-0.4, -0.2) is 34.9 Å². The lowest BCUT2D eigenvalue weighted by atomic mass is 9.90. The molecule has 1 saturated carbocycles. The summed E-state index contributed by atoms with van der Waals surface area (Å²) in [7, 11) is 0. The highest BCUT2D eigenvalue weighted by atomic mass is 19.4. The monoisotopic (exact) mass is 496 g/mol. The topological polar surface area (TPSA) is 74.3 Å². The third-order valence-electron chi connectivity index (χ3n) is 6.94. The summed E-state index contributed by atoms with van der Waals surface area (Å²) >= 11 is 0. The lowest BCUT2D eigenvalue weighted by Crippen LogP contribution is -2.50. The molecule has 6 nitrogen and oxygen atoms in total. The van der Waals surface area contributed by atoms with Crippen molar-refractivity contribution < 1.29 is 22.8 Å². The first-order valence-corrected chi connectivity index (χ1v) is 12.2. The number of fused-ring (bicyclic) bond motifs is 1. The Labute approximate surface area is 206 Å². The molecule has 0 radical (unpaired) electrons. The Morgan fingerprint density at radius 3 is 2.47 bits per heavy atom. The molecule has 1 aromatic heterocycles. The van der Waals surface area contributed by atoms with E-state index in [4.69, 9.17) is 0 Å². The van der Waals surface area contributed by atoms with E-state index in [1.165, 1.54) is 0 Å². The molecule has 3 atom stereocenters. The fraction of sp³-hybridized carbons (Fsp3) is 0.370. The van der Waals surface area contributed by atoms with E-state index >= 15 is 0 Å². The van der Waals surface area contributed by atoms with Crippen molar-refractivity contribution in [3.8, 4) is 0 Å². The van der Waals surface area contributed by atoms with Crippen LogP contribution in [0.3, 0.4) is 0 Å². The summed E-state index contributed by atoms with van der Waals surface area (Å²) in [6.45, 7) is 0. The normalized spacial score (nSPS) is 22.6. The van der Waals surface area contributed by atoms with E-state index in [0.717, 1.165) is 25.3 Å². The number of nitrogens with zero attached hydrogens (tertiary/aromatic N) is 2. The van der Waals surface area contributed by atoms with Crippen molar-refractivity contribution in [3.63, 3.8) is 0 Å². The maximum Gasteiger partial charge on any atom is 0.433 e. The maximum absolute atomic E-state index is 13.4. The minimum Gasteiger partial charge on any atom is -0.382 e. The maximum atomic E-state index is 13.4. The van der Waals surface area contributed by atoms with Gasteiger partial charge in [-0.05, 0) is 56.4 Å². The van der Waals surface area contributed by atoms with Crippen molar-refractivity contribution >= 4 is 34.1 Å². The zero-order valence-corrected chi connectivity index (χ0v) is 19.6. The van der Waals surface area contributed by atoms with Crippen molar-refractivity contribution in [1.82, 2.24) is 10.3 Å². The van der Waals surface area contributed by atoms with Crippen molar-refractivity contribution in [3.05, 3.63) is 66.4 Å². The summed E-state index contributed by atoms with van der Waals surface area (Å²) < 4.78 is 40.3. The molecular weight excluding hydrogens is 469 g/mol. The fourth-order valence-electron chi connectivity index (χ4n) is 5.25. The Morgan fingerprint density at radius 2 is 1.69 bits per heavy atom. The standard InChI is InChI=1S/C27H27F3N4O2/c28-27(29,30)24-16-22(20-11-4-5-12-21(20)33-24)31-17-7-6-8-18(15-17)32-26(36)23-13-14-25(35)34(23)19-9-2-1-3-10-19/h1-5,9-12,16-18,23H,6-8,13-15H2,(H,31,33)(H,32,36)/t17-,18+,23?/m0/s1. The molecule has 0 bridgehead atoms. The molecule has 1 unspecified atom stereocenters. The summed E-state index contributed by atoms with van der Waals surface area (Å²) in [5, 5.41) is 7.02. The Hall–Kier alpha value is -3.62. The highest BCUT2D eigenvalue weighted by molar-refractivity contribution is 6.03. The second-order valence-electron chi connectivity index (χ2n) is 9.44. The van der Waals surface area contributed by atoms with E-state index in [1.54, 1.807) is 29.2 Å². The quantitative estimate of drug-likeness (QED) is 0.504. The van der Waals surface area contributed by atoms with Crippen LogP contribution in [0, 0.1) is 0 Å². The Kier molecular flexibility index (Phi) is 6.55. The molecule has 3 aromatic rings. The van der Waals surface area contributed by atoms with Crippen molar-refractivity contribution in [2.75, 3.05) is 10.2 Å². The largest absolute Gasteiger partial charge is 0.433 e. The molecule has 2 aliphatic rings. The third kappa shape index (κ3) is 5.01. The van der Waals surface area contributed by atoms with Gasteiger partial charge in [0.15, 0.2) is 0 Å². The molecule has 36 heavy (non-hydrogen) atoms. The van der Waals surface area contributed by atoms with Gasteiger partial charge in [-0.15, -0.1) is 0 Å². The van der Waals surface area contributed by atoms with Crippen molar-refractivity contribution in [1.29, 1.82) is 0 Å². The number of amides is 2. The Bertz CT molecular complexity index is 1260. The molecular formula is C27H27F3N4O2. The molecule has 1 aliphatic heterocycles. The SMILES string of the molecule is O=C(N[C@@H]1CCC[C@H](Nc2cc(C(F)(F)F)nc3ccccc23)C1)C1CCC(=O)N1c1ccccc1. The Balaban J connectivity index is 1.29. The van der Waals surface area contributed by atoms with Crippen molar-refractivity contribution in [2.24, 2.45) is 0 Å². The first-order valence-electron chi connectivity index (χ1n) is 12.2. The molecule has 2 amide bonds. The van der Waals surface area contributed by atoms with Gasteiger partial charge >= 0.3 is 6.18 Å². The first kappa shape index (κ1) is 24.1. The van der Waals surface area contributed by atoms with Gasteiger partial charge in [0.25, 0.3) is 0 Å². The molecule has 188 valence electrons. The molecule has 1 aliphatic carbocycles. The smallest absolute Gasteiger partial charge is 0.382 e. The molecule has 5 rings (SSSR count). The van der Waals surface area contributed by atoms with Gasteiger partial charge in [0.05, 0.1) is 5.52 Å². The number of rotatable bonds is 5. The van der Waals surface area contributed by atoms with E-state index in [2.05, 4.69) is 15.6 Å². The van der Waals surface area contributed by atoms with Crippen LogP contribution in [0.4, 0.5) is 24.5 Å². The van der Waals surface area contributed by atoms with Gasteiger partial charge in [-0.3, -0.25) is 14.5 Å². The summed E-state index contributed by atoms with van der Waals surface area (Å²) in [5.41, 5.74) is 0.438. The zero-order valence-electron chi connectivity index (χ0n) is 19.6. The van der Waals surface area contributed by atoms with E-state index < -0.39 is 17.9 Å². The van der Waals surface area contributed by atoms with Gasteiger partial charge in [0.2, 0.25) is 11.8 Å². The number of carbonyl (C=O) groups is 2. The number of anilines is 2. The van der Waals surface area contributed by atoms with E-state index in [9.17, 15) is 22.8 Å². The minimum absolute atomic E-state index is 0.0745. The fourth-order valence-corrected chi connectivity index (χ4v) is 5.25. The number of benzene rings is 2. The summed E-state index contributed by atoms with van der Waals surface area (Å²) in [6.07, 6.45) is -0.814. The van der Waals surface area contributed by atoms with E-state index in [1.807, 2.05) is 30.3 Å². The number of aromatic nitrogens is 1. The Morgan fingerprint density at radius 1 is 0.972 bits per heavy atom. The van der Waals surface area contributed by atoms with Gasteiger partial charge in [0.1, 0.15) is 11.7 Å². The summed E-state index contributed by atoms with van der Waals surface area (Å²) in [5.74, 6) is -0.265. The van der Waals surface area contributed by atoms with Gasteiger partial charge < -0.3 is 10.6 Å². The predicted octanol–water partition coefficient (Wildman–Crippen LogP) is 5.29. The van der Waals surface area contributed by atoms with Gasteiger partial charge in [-0.1, -0.05) is 36.4 Å². The van der Waals surface area contributed by atoms with Gasteiger partial charge in [-0.25, -0.2) is 4.98 Å². The number of hydrogen-bond acceptors (Lipinski definition) is 4. The van der Waals surface area contributed by atoms with Crippen LogP contribution in [0.25, 0.3) is 10.9 Å². The first-order chi connectivity index (χ1) is 17.3. The molecule has 0 spiro atoms. The van der Waals surface area contributed by atoms with E-state index in [0.29, 0.717) is 36.0 Å². The predicted molar refractivity (Wildman–Crippen MR) is 132 cm³/mol. The molecule has 9 heteroatoms. The number of pyridine rings is 1. The van der Waals surface area contributed by atoms with Crippen LogP contribution in [-0.2, 0) is 15.8 Å². The summed E-state index contributed by atoms with van der Waals surface area (Å²) in [4.78, 5) is 31.0. The van der Waals surface area contributed by atoms with Crippen LogP contribution >= 0.6 is 0 Å². The van der Waals surface area contributed by atoms with E-state index in [-0.39, 0.29) is 29.4 Å².